The summed E-state index contributed by atoms with van der Waals surface area (Å²) in [5.41, 5.74) is 1.13. The number of hydrogen-bond donors (Lipinski definition) is 1. The van der Waals surface area contributed by atoms with Gasteiger partial charge in [-0.1, -0.05) is 0 Å². The van der Waals surface area contributed by atoms with E-state index >= 15 is 0 Å². The van der Waals surface area contributed by atoms with Crippen LogP contribution in [0.1, 0.15) is 24.7 Å². The molecule has 0 spiro atoms. The van der Waals surface area contributed by atoms with Crippen LogP contribution in [0.2, 0.25) is 0 Å². The largest absolute Gasteiger partial charge is 0.388 e. The molecule has 1 aliphatic rings. The van der Waals surface area contributed by atoms with E-state index in [1.807, 2.05) is 19.9 Å². The fourth-order valence-corrected chi connectivity index (χ4v) is 2.75. The molecule has 1 fully saturated rings. The Balaban J connectivity index is 1.95. The Bertz CT molecular complexity index is 599. The van der Waals surface area contributed by atoms with E-state index in [1.165, 1.54) is 4.57 Å². The number of aliphatic hydroxyl groups excluding tert-OH is 1. The minimum Gasteiger partial charge on any atom is -0.388 e. The zero-order valence-corrected chi connectivity index (χ0v) is 13.3. The summed E-state index contributed by atoms with van der Waals surface area (Å²) < 4.78 is 6.90. The predicted molar refractivity (Wildman–Crippen MR) is 80.6 cm³/mol. The van der Waals surface area contributed by atoms with Gasteiger partial charge >= 0.3 is 5.69 Å². The second-order valence-electron chi connectivity index (χ2n) is 5.58. The highest BCUT2D eigenvalue weighted by molar-refractivity contribution is 5.76. The second kappa shape index (κ2) is 7.02. The number of ether oxygens (including phenoxy) is 1. The molecule has 0 unspecified atom stereocenters. The van der Waals surface area contributed by atoms with Gasteiger partial charge in [0.2, 0.25) is 5.91 Å². The van der Waals surface area contributed by atoms with Crippen LogP contribution in [0, 0.1) is 13.8 Å². The lowest BCUT2D eigenvalue weighted by Crippen LogP contribution is -2.33. The summed E-state index contributed by atoms with van der Waals surface area (Å²) in [5.74, 6) is -0.0897. The van der Waals surface area contributed by atoms with E-state index in [0.29, 0.717) is 25.4 Å². The first-order chi connectivity index (χ1) is 10.4. The minimum atomic E-state index is -0.644. The predicted octanol–water partition coefficient (Wildman–Crippen LogP) is -0.142. The average molecular weight is 309 g/mol. The van der Waals surface area contributed by atoms with Crippen molar-refractivity contribution in [2.75, 3.05) is 19.7 Å². The van der Waals surface area contributed by atoms with Gasteiger partial charge in [-0.3, -0.25) is 9.36 Å². The van der Waals surface area contributed by atoms with Crippen LogP contribution < -0.4 is 5.69 Å². The summed E-state index contributed by atoms with van der Waals surface area (Å²) in [7, 11) is 0. The van der Waals surface area contributed by atoms with Crippen LogP contribution in [0.3, 0.4) is 0 Å². The maximum atomic E-state index is 12.2. The molecule has 1 aliphatic heterocycles. The lowest BCUT2D eigenvalue weighted by Gasteiger charge is -2.17. The number of hydrogen-bond acceptors (Lipinski definition) is 5. The normalized spacial score (nSPS) is 21.4. The lowest BCUT2D eigenvalue weighted by atomic mass is 10.3. The third-order valence-electron chi connectivity index (χ3n) is 3.87. The summed E-state index contributed by atoms with van der Waals surface area (Å²) >= 11 is 0. The number of likely N-dealkylation sites (tertiary alicyclic amines) is 1. The maximum Gasteiger partial charge on any atom is 0.347 e. The van der Waals surface area contributed by atoms with Gasteiger partial charge in [-0.15, -0.1) is 0 Å². The Labute approximate surface area is 129 Å². The van der Waals surface area contributed by atoms with Crippen LogP contribution in [-0.4, -0.2) is 57.4 Å². The zero-order chi connectivity index (χ0) is 16.3. The van der Waals surface area contributed by atoms with Crippen molar-refractivity contribution in [3.05, 3.63) is 27.9 Å². The van der Waals surface area contributed by atoms with Crippen LogP contribution in [-0.2, 0) is 16.1 Å². The molecule has 0 bridgehead atoms. The van der Waals surface area contributed by atoms with E-state index in [2.05, 4.69) is 4.98 Å². The molecule has 22 heavy (non-hydrogen) atoms. The molecular weight excluding hydrogens is 286 g/mol. The smallest absolute Gasteiger partial charge is 0.347 e. The van der Waals surface area contributed by atoms with Crippen molar-refractivity contribution in [3.8, 4) is 0 Å². The van der Waals surface area contributed by atoms with E-state index < -0.39 is 6.10 Å². The molecule has 1 aromatic heterocycles. The van der Waals surface area contributed by atoms with Crippen LogP contribution in [0.4, 0.5) is 0 Å². The minimum absolute atomic E-state index is 0.0897. The van der Waals surface area contributed by atoms with E-state index in [0.717, 1.165) is 5.69 Å². The second-order valence-corrected chi connectivity index (χ2v) is 5.58. The first-order valence-corrected chi connectivity index (χ1v) is 7.55. The van der Waals surface area contributed by atoms with Gasteiger partial charge in [-0.05, 0) is 26.8 Å². The summed E-state index contributed by atoms with van der Waals surface area (Å²) in [6.07, 6.45) is -0.759. The summed E-state index contributed by atoms with van der Waals surface area (Å²) in [5, 5.41) is 9.86. The molecule has 2 atom stereocenters. The van der Waals surface area contributed by atoms with Gasteiger partial charge in [-0.25, -0.2) is 4.79 Å². The molecule has 7 nitrogen and oxygen atoms in total. The monoisotopic (exact) mass is 309 g/mol. The summed E-state index contributed by atoms with van der Waals surface area (Å²) in [4.78, 5) is 29.5. The SMILES string of the molecule is CCO[C@H]1CN(C(=O)CCn2c(C)cc(C)nc2=O)C[C@@H]1O. The van der Waals surface area contributed by atoms with Crippen molar-refractivity contribution >= 4 is 5.91 Å². The van der Waals surface area contributed by atoms with Crippen molar-refractivity contribution in [1.29, 1.82) is 0 Å². The standard InChI is InChI=1S/C15H23N3O4/c1-4-22-13-9-17(8-12(13)19)14(20)5-6-18-11(3)7-10(2)16-15(18)21/h7,12-13,19H,4-6,8-9H2,1-3H3/t12-,13-/m0/s1. The Kier molecular flexibility index (Phi) is 5.31. The van der Waals surface area contributed by atoms with Crippen LogP contribution in [0.5, 0.6) is 0 Å². The van der Waals surface area contributed by atoms with Crippen molar-refractivity contribution in [3.63, 3.8) is 0 Å². The molecule has 0 aromatic carbocycles. The van der Waals surface area contributed by atoms with Crippen molar-refractivity contribution in [1.82, 2.24) is 14.5 Å². The van der Waals surface area contributed by atoms with E-state index in [9.17, 15) is 14.7 Å². The number of β-amino-alcohol motifs (C(OH)–C–C–N with tert-alkyl or cyclic N) is 1. The number of aryl methyl sites for hydroxylation is 2. The highest BCUT2D eigenvalue weighted by Crippen LogP contribution is 2.15. The molecule has 0 aliphatic carbocycles. The molecule has 1 saturated heterocycles. The number of aliphatic hydroxyl groups is 1. The van der Waals surface area contributed by atoms with E-state index in [1.54, 1.807) is 11.8 Å². The molecule has 2 heterocycles. The first kappa shape index (κ1) is 16.6. The number of carbonyl (C=O) groups is 1. The van der Waals surface area contributed by atoms with Gasteiger partial charge in [0, 0.05) is 44.0 Å². The van der Waals surface area contributed by atoms with Crippen LogP contribution >= 0.6 is 0 Å². The van der Waals surface area contributed by atoms with Crippen LogP contribution in [0.25, 0.3) is 0 Å². The van der Waals surface area contributed by atoms with Crippen molar-refractivity contribution < 1.29 is 14.6 Å². The number of carbonyl (C=O) groups excluding carboxylic acids is 1. The van der Waals surface area contributed by atoms with Gasteiger partial charge in [-0.2, -0.15) is 4.98 Å². The first-order valence-electron chi connectivity index (χ1n) is 7.55. The molecule has 2 rings (SSSR count). The highest BCUT2D eigenvalue weighted by atomic mass is 16.5. The van der Waals surface area contributed by atoms with Gasteiger partial charge in [0.05, 0.1) is 6.10 Å². The molecule has 7 heteroatoms. The number of aromatic nitrogens is 2. The third kappa shape index (κ3) is 3.72. The molecule has 0 radical (unpaired) electrons. The molecule has 1 amide bonds. The number of amides is 1. The molecule has 1 N–H and O–H groups in total. The summed E-state index contributed by atoms with van der Waals surface area (Å²) in [6.45, 7) is 6.93. The average Bonchev–Trinajstić information content (AvgIpc) is 2.79. The Morgan fingerprint density at radius 2 is 2.18 bits per heavy atom. The van der Waals surface area contributed by atoms with Gasteiger partial charge in [0.1, 0.15) is 6.10 Å². The fourth-order valence-electron chi connectivity index (χ4n) is 2.75. The lowest BCUT2D eigenvalue weighted by molar-refractivity contribution is -0.131. The van der Waals surface area contributed by atoms with Gasteiger partial charge < -0.3 is 14.7 Å². The van der Waals surface area contributed by atoms with Crippen molar-refractivity contribution in [2.24, 2.45) is 0 Å². The van der Waals surface area contributed by atoms with Crippen LogP contribution in [0.15, 0.2) is 10.9 Å². The quantitative estimate of drug-likeness (QED) is 0.818. The summed E-state index contributed by atoms with van der Waals surface area (Å²) in [6, 6.07) is 1.82. The third-order valence-corrected chi connectivity index (χ3v) is 3.87. The highest BCUT2D eigenvalue weighted by Gasteiger charge is 2.34. The Morgan fingerprint density at radius 3 is 2.82 bits per heavy atom. The molecular formula is C15H23N3O4. The maximum absolute atomic E-state index is 12.2. The Morgan fingerprint density at radius 1 is 1.45 bits per heavy atom. The fraction of sp³-hybridized carbons (Fsp3) is 0.667. The van der Waals surface area contributed by atoms with Gasteiger partial charge in [0.25, 0.3) is 0 Å². The molecule has 0 saturated carbocycles. The number of rotatable bonds is 5. The van der Waals surface area contributed by atoms with E-state index in [4.69, 9.17) is 4.74 Å². The van der Waals surface area contributed by atoms with Crippen molar-refractivity contribution in [2.45, 2.75) is 45.9 Å². The van der Waals surface area contributed by atoms with Gasteiger partial charge in [0.15, 0.2) is 0 Å². The molecule has 122 valence electrons. The number of nitrogens with zero attached hydrogens (tertiary/aromatic N) is 3. The Hall–Kier alpha value is -1.73. The zero-order valence-electron chi connectivity index (χ0n) is 13.3. The molecule has 1 aromatic rings. The topological polar surface area (TPSA) is 84.7 Å². The van der Waals surface area contributed by atoms with E-state index in [-0.39, 0.29) is 30.7 Å².